The maximum atomic E-state index is 11.6. The van der Waals surface area contributed by atoms with E-state index in [4.69, 9.17) is 9.84 Å². The molecule has 0 aliphatic carbocycles. The fraction of sp³-hybridized carbons (Fsp3) is 0.500. The number of rotatable bonds is 11. The van der Waals surface area contributed by atoms with Crippen LogP contribution in [-0.4, -0.2) is 38.4 Å². The molecule has 0 aromatic heterocycles. The molecule has 6 nitrogen and oxygen atoms in total. The van der Waals surface area contributed by atoms with Crippen molar-refractivity contribution < 1.29 is 23.1 Å². The van der Waals surface area contributed by atoms with E-state index in [1.54, 1.807) is 0 Å². The molecule has 1 rings (SSSR count). The van der Waals surface area contributed by atoms with Crippen molar-refractivity contribution in [2.24, 2.45) is 0 Å². The largest absolute Gasteiger partial charge is 0.481 e. The Balaban J connectivity index is 2.09. The number of ether oxygens (including phenoxy) is 1. The molecule has 0 aliphatic heterocycles. The SMILES string of the molecule is O=C(O)CCCNS(=O)(=O)CCCOCc1ccccc1. The van der Waals surface area contributed by atoms with Crippen LogP contribution in [0.15, 0.2) is 30.3 Å². The molecule has 0 unspecified atom stereocenters. The maximum absolute atomic E-state index is 11.6. The second-order valence-corrected chi connectivity index (χ2v) is 6.53. The van der Waals surface area contributed by atoms with Crippen molar-refractivity contribution in [3.05, 3.63) is 35.9 Å². The summed E-state index contributed by atoms with van der Waals surface area (Å²) in [6, 6.07) is 9.65. The Hall–Kier alpha value is -1.44. The van der Waals surface area contributed by atoms with Gasteiger partial charge in [0.05, 0.1) is 12.4 Å². The van der Waals surface area contributed by atoms with Crippen LogP contribution in [0.5, 0.6) is 0 Å². The van der Waals surface area contributed by atoms with Crippen LogP contribution in [-0.2, 0) is 26.2 Å². The summed E-state index contributed by atoms with van der Waals surface area (Å²) in [5.74, 6) is -0.946. The zero-order valence-electron chi connectivity index (χ0n) is 11.8. The molecule has 0 amide bonds. The zero-order valence-corrected chi connectivity index (χ0v) is 12.6. The first kappa shape index (κ1) is 17.6. The van der Waals surface area contributed by atoms with E-state index >= 15 is 0 Å². The fourth-order valence-electron chi connectivity index (χ4n) is 1.65. The quantitative estimate of drug-likeness (QED) is 0.602. The normalized spacial score (nSPS) is 11.4. The molecule has 1 aromatic rings. The van der Waals surface area contributed by atoms with Gasteiger partial charge in [-0.3, -0.25) is 4.79 Å². The Kier molecular flexibility index (Phi) is 7.96. The summed E-state index contributed by atoms with van der Waals surface area (Å²) in [6.45, 7) is 0.983. The summed E-state index contributed by atoms with van der Waals surface area (Å²) < 4.78 is 31.0. The van der Waals surface area contributed by atoms with Gasteiger partial charge in [0, 0.05) is 19.6 Å². The molecule has 2 N–H and O–H groups in total. The lowest BCUT2D eigenvalue weighted by Gasteiger charge is -2.07. The Labute approximate surface area is 125 Å². The van der Waals surface area contributed by atoms with Crippen LogP contribution in [0.3, 0.4) is 0 Å². The summed E-state index contributed by atoms with van der Waals surface area (Å²) in [5.41, 5.74) is 1.05. The van der Waals surface area contributed by atoms with E-state index in [-0.39, 0.29) is 18.7 Å². The topological polar surface area (TPSA) is 92.7 Å². The fourth-order valence-corrected chi connectivity index (χ4v) is 2.75. The summed E-state index contributed by atoms with van der Waals surface area (Å²) in [5, 5.41) is 8.44. The van der Waals surface area contributed by atoms with E-state index < -0.39 is 16.0 Å². The van der Waals surface area contributed by atoms with E-state index in [2.05, 4.69) is 4.72 Å². The Morgan fingerprint density at radius 2 is 1.90 bits per heavy atom. The first-order valence-corrected chi connectivity index (χ1v) is 8.45. The van der Waals surface area contributed by atoms with Crippen LogP contribution in [0, 0.1) is 0 Å². The van der Waals surface area contributed by atoms with Gasteiger partial charge in [-0.15, -0.1) is 0 Å². The molecule has 0 fully saturated rings. The van der Waals surface area contributed by atoms with Crippen molar-refractivity contribution in [3.8, 4) is 0 Å². The lowest BCUT2D eigenvalue weighted by atomic mass is 10.2. The van der Waals surface area contributed by atoms with E-state index in [1.807, 2.05) is 30.3 Å². The molecule has 1 aromatic carbocycles. The van der Waals surface area contributed by atoms with Gasteiger partial charge in [-0.25, -0.2) is 13.1 Å². The van der Waals surface area contributed by atoms with Gasteiger partial charge in [-0.2, -0.15) is 0 Å². The van der Waals surface area contributed by atoms with Crippen molar-refractivity contribution >= 4 is 16.0 Å². The standard InChI is InChI=1S/C14H21NO5S/c16-14(17)8-4-9-15-21(18,19)11-5-10-20-12-13-6-2-1-3-7-13/h1-3,6-7,15H,4-5,8-12H2,(H,16,17). The van der Waals surface area contributed by atoms with E-state index in [0.29, 0.717) is 26.1 Å². The Morgan fingerprint density at radius 3 is 2.57 bits per heavy atom. The summed E-state index contributed by atoms with van der Waals surface area (Å²) >= 11 is 0. The molecule has 118 valence electrons. The number of benzene rings is 1. The number of hydrogen-bond donors (Lipinski definition) is 2. The summed E-state index contributed by atoms with van der Waals surface area (Å²) in [7, 11) is -3.35. The molecule has 7 heteroatoms. The molecule has 0 radical (unpaired) electrons. The third kappa shape index (κ3) is 9.17. The smallest absolute Gasteiger partial charge is 0.303 e. The molecule has 0 saturated heterocycles. The lowest BCUT2D eigenvalue weighted by molar-refractivity contribution is -0.137. The summed E-state index contributed by atoms with van der Waals surface area (Å²) in [6.07, 6.45) is 0.656. The molecular weight excluding hydrogens is 294 g/mol. The van der Waals surface area contributed by atoms with Crippen LogP contribution >= 0.6 is 0 Å². The highest BCUT2D eigenvalue weighted by atomic mass is 32.2. The van der Waals surface area contributed by atoms with Crippen LogP contribution < -0.4 is 4.72 Å². The van der Waals surface area contributed by atoms with Gasteiger partial charge >= 0.3 is 5.97 Å². The van der Waals surface area contributed by atoms with Crippen molar-refractivity contribution in [1.29, 1.82) is 0 Å². The zero-order chi connectivity index (χ0) is 15.6. The molecule has 0 aliphatic rings. The molecule has 0 atom stereocenters. The number of carbonyl (C=O) groups is 1. The molecule has 0 bridgehead atoms. The molecule has 0 saturated carbocycles. The van der Waals surface area contributed by atoms with Crippen LogP contribution in [0.25, 0.3) is 0 Å². The lowest BCUT2D eigenvalue weighted by Crippen LogP contribution is -2.28. The highest BCUT2D eigenvalue weighted by Crippen LogP contribution is 2.01. The van der Waals surface area contributed by atoms with Crippen molar-refractivity contribution in [2.45, 2.75) is 25.9 Å². The number of sulfonamides is 1. The molecule has 0 spiro atoms. The first-order valence-electron chi connectivity index (χ1n) is 6.80. The van der Waals surface area contributed by atoms with Crippen molar-refractivity contribution in [2.75, 3.05) is 18.9 Å². The summed E-state index contributed by atoms with van der Waals surface area (Å²) in [4.78, 5) is 10.3. The Bertz CT molecular complexity index is 515. The first-order chi connectivity index (χ1) is 9.99. The van der Waals surface area contributed by atoms with E-state index in [1.165, 1.54) is 0 Å². The predicted molar refractivity (Wildman–Crippen MR) is 79.4 cm³/mol. The van der Waals surface area contributed by atoms with Crippen LogP contribution in [0.2, 0.25) is 0 Å². The third-order valence-electron chi connectivity index (χ3n) is 2.70. The van der Waals surface area contributed by atoms with Gasteiger partial charge in [0.15, 0.2) is 0 Å². The highest BCUT2D eigenvalue weighted by Gasteiger charge is 2.09. The average Bonchev–Trinajstić information content (AvgIpc) is 2.44. The average molecular weight is 315 g/mol. The minimum absolute atomic E-state index is 0.0190. The molecule has 0 heterocycles. The number of carboxylic acid groups (broad SMARTS) is 1. The van der Waals surface area contributed by atoms with Crippen molar-refractivity contribution in [3.63, 3.8) is 0 Å². The van der Waals surface area contributed by atoms with Gasteiger partial charge in [0.2, 0.25) is 10.0 Å². The number of carboxylic acids is 1. The third-order valence-corrected chi connectivity index (χ3v) is 4.17. The van der Waals surface area contributed by atoms with Gasteiger partial charge in [-0.1, -0.05) is 30.3 Å². The second kappa shape index (κ2) is 9.49. The minimum atomic E-state index is -3.35. The molecular formula is C14H21NO5S. The van der Waals surface area contributed by atoms with E-state index in [9.17, 15) is 13.2 Å². The maximum Gasteiger partial charge on any atom is 0.303 e. The van der Waals surface area contributed by atoms with Gasteiger partial charge in [0.1, 0.15) is 0 Å². The number of hydrogen-bond acceptors (Lipinski definition) is 4. The highest BCUT2D eigenvalue weighted by molar-refractivity contribution is 7.89. The second-order valence-electron chi connectivity index (χ2n) is 4.60. The van der Waals surface area contributed by atoms with Gasteiger partial charge in [0.25, 0.3) is 0 Å². The Morgan fingerprint density at radius 1 is 1.19 bits per heavy atom. The number of nitrogens with one attached hydrogen (secondary N) is 1. The van der Waals surface area contributed by atoms with Crippen LogP contribution in [0.4, 0.5) is 0 Å². The van der Waals surface area contributed by atoms with Crippen LogP contribution in [0.1, 0.15) is 24.8 Å². The van der Waals surface area contributed by atoms with Gasteiger partial charge in [-0.05, 0) is 18.4 Å². The predicted octanol–water partition coefficient (Wildman–Crippen LogP) is 1.38. The van der Waals surface area contributed by atoms with E-state index in [0.717, 1.165) is 5.56 Å². The van der Waals surface area contributed by atoms with Crippen molar-refractivity contribution in [1.82, 2.24) is 4.72 Å². The molecule has 21 heavy (non-hydrogen) atoms. The monoisotopic (exact) mass is 315 g/mol. The number of aliphatic carboxylic acids is 1. The minimum Gasteiger partial charge on any atom is -0.481 e. The van der Waals surface area contributed by atoms with Gasteiger partial charge < -0.3 is 9.84 Å².